The van der Waals surface area contributed by atoms with E-state index < -0.39 is 12.1 Å². The zero-order chi connectivity index (χ0) is 23.0. The highest BCUT2D eigenvalue weighted by Gasteiger charge is 2.19. The van der Waals surface area contributed by atoms with Crippen LogP contribution in [0.3, 0.4) is 0 Å². The minimum Gasteiger partial charge on any atom is -0.493 e. The van der Waals surface area contributed by atoms with Gasteiger partial charge in [0.1, 0.15) is 18.1 Å². The van der Waals surface area contributed by atoms with E-state index >= 15 is 0 Å². The van der Waals surface area contributed by atoms with Crippen LogP contribution in [0.2, 0.25) is 0 Å². The van der Waals surface area contributed by atoms with Gasteiger partial charge >= 0.3 is 5.97 Å². The first-order valence-electron chi connectivity index (χ1n) is 11.2. The van der Waals surface area contributed by atoms with Gasteiger partial charge in [0.2, 0.25) is 0 Å². The molecule has 0 bridgehead atoms. The summed E-state index contributed by atoms with van der Waals surface area (Å²) in [6, 6.07) is 24.0. The van der Waals surface area contributed by atoms with Crippen molar-refractivity contribution in [3.05, 3.63) is 101 Å². The van der Waals surface area contributed by atoms with Crippen LogP contribution in [0.15, 0.2) is 78.9 Å². The van der Waals surface area contributed by atoms with Crippen molar-refractivity contribution < 1.29 is 24.1 Å². The number of fused-ring (bicyclic) bond motifs is 2. The van der Waals surface area contributed by atoms with Gasteiger partial charge in [0.25, 0.3) is 0 Å². The van der Waals surface area contributed by atoms with E-state index in [1.54, 1.807) is 6.92 Å². The van der Waals surface area contributed by atoms with Crippen molar-refractivity contribution in [2.24, 2.45) is 0 Å². The molecule has 0 spiro atoms. The predicted octanol–water partition coefficient (Wildman–Crippen LogP) is 5.51. The van der Waals surface area contributed by atoms with Crippen molar-refractivity contribution in [1.82, 2.24) is 0 Å². The molecule has 5 heteroatoms. The van der Waals surface area contributed by atoms with Gasteiger partial charge in [-0.15, -0.1) is 0 Å². The van der Waals surface area contributed by atoms with E-state index in [-0.39, 0.29) is 0 Å². The van der Waals surface area contributed by atoms with Gasteiger partial charge in [0, 0.05) is 25.0 Å². The number of carbonyl (C=O) groups is 1. The van der Waals surface area contributed by atoms with Crippen LogP contribution < -0.4 is 9.47 Å². The molecule has 0 fully saturated rings. The number of benzene rings is 3. The molecular formula is C28H28O5. The molecule has 0 aliphatic carbocycles. The third kappa shape index (κ3) is 5.62. The van der Waals surface area contributed by atoms with Crippen molar-refractivity contribution in [3.63, 3.8) is 0 Å². The molecule has 1 atom stereocenters. The standard InChI is InChI=1S/C28H28O5/c1-2-31-27(28(29)30)18-20-13-15-22(16-14-20)32-17-7-11-24-23-9-4-3-8-21(23)19-33-26-12-6-5-10-25(24)26/h3-6,8-16,27H,2,7,17-19H2,1H3,(H,29,30)/b24-11+. The Balaban J connectivity index is 1.41. The van der Waals surface area contributed by atoms with Crippen LogP contribution in [0.5, 0.6) is 11.5 Å². The van der Waals surface area contributed by atoms with Crippen LogP contribution in [0.1, 0.15) is 35.6 Å². The van der Waals surface area contributed by atoms with E-state index in [9.17, 15) is 9.90 Å². The average Bonchev–Trinajstić information content (AvgIpc) is 2.99. The predicted molar refractivity (Wildman–Crippen MR) is 128 cm³/mol. The molecule has 0 aromatic heterocycles. The number of hydrogen-bond acceptors (Lipinski definition) is 4. The van der Waals surface area contributed by atoms with Crippen LogP contribution in [0, 0.1) is 0 Å². The number of hydrogen-bond donors (Lipinski definition) is 1. The Morgan fingerprint density at radius 1 is 1.03 bits per heavy atom. The first-order chi connectivity index (χ1) is 16.2. The molecule has 5 nitrogen and oxygen atoms in total. The van der Waals surface area contributed by atoms with Crippen molar-refractivity contribution in [2.75, 3.05) is 13.2 Å². The summed E-state index contributed by atoms with van der Waals surface area (Å²) in [5.41, 5.74) is 5.51. The second kappa shape index (κ2) is 10.8. The minimum absolute atomic E-state index is 0.330. The molecule has 0 saturated heterocycles. The zero-order valence-corrected chi connectivity index (χ0v) is 18.7. The third-order valence-electron chi connectivity index (χ3n) is 5.59. The SMILES string of the molecule is CCOC(Cc1ccc(OCC/C=C2\c3ccccc3COc3ccccc32)cc1)C(=O)O. The fourth-order valence-electron chi connectivity index (χ4n) is 3.98. The highest BCUT2D eigenvalue weighted by atomic mass is 16.5. The molecule has 1 heterocycles. The molecular weight excluding hydrogens is 416 g/mol. The van der Waals surface area contributed by atoms with Gasteiger partial charge in [0.05, 0.1) is 6.61 Å². The lowest BCUT2D eigenvalue weighted by Crippen LogP contribution is -2.26. The number of rotatable bonds is 9. The van der Waals surface area contributed by atoms with E-state index in [0.29, 0.717) is 26.2 Å². The Morgan fingerprint density at radius 3 is 2.52 bits per heavy atom. The lowest BCUT2D eigenvalue weighted by Gasteiger charge is -2.13. The quantitative estimate of drug-likeness (QED) is 0.441. The van der Waals surface area contributed by atoms with Gasteiger partial charge in [-0.05, 0) is 47.4 Å². The first-order valence-corrected chi connectivity index (χ1v) is 11.2. The number of aliphatic carboxylic acids is 1. The van der Waals surface area contributed by atoms with Crippen LogP contribution in [-0.4, -0.2) is 30.4 Å². The molecule has 1 unspecified atom stereocenters. The molecule has 3 aromatic rings. The zero-order valence-electron chi connectivity index (χ0n) is 18.7. The number of carboxylic acids is 1. The highest BCUT2D eigenvalue weighted by Crippen LogP contribution is 2.36. The Kier molecular flexibility index (Phi) is 7.43. The van der Waals surface area contributed by atoms with E-state index in [0.717, 1.165) is 34.6 Å². The largest absolute Gasteiger partial charge is 0.493 e. The summed E-state index contributed by atoms with van der Waals surface area (Å²) in [5.74, 6) is 0.700. The van der Waals surface area contributed by atoms with Crippen molar-refractivity contribution >= 4 is 11.5 Å². The number of ether oxygens (including phenoxy) is 3. The molecule has 1 aliphatic heterocycles. The smallest absolute Gasteiger partial charge is 0.333 e. The lowest BCUT2D eigenvalue weighted by molar-refractivity contribution is -0.149. The summed E-state index contributed by atoms with van der Waals surface area (Å²) in [7, 11) is 0. The van der Waals surface area contributed by atoms with Gasteiger partial charge in [-0.25, -0.2) is 4.79 Å². The molecule has 3 aromatic carbocycles. The molecule has 0 amide bonds. The summed E-state index contributed by atoms with van der Waals surface area (Å²) in [6.45, 7) is 3.25. The lowest BCUT2D eigenvalue weighted by atomic mass is 9.93. The fourth-order valence-corrected chi connectivity index (χ4v) is 3.98. The molecule has 0 radical (unpaired) electrons. The average molecular weight is 445 g/mol. The Bertz CT molecular complexity index is 1070. The maximum atomic E-state index is 11.3. The van der Waals surface area contributed by atoms with Gasteiger partial charge in [-0.2, -0.15) is 0 Å². The van der Waals surface area contributed by atoms with Gasteiger partial charge in [0.15, 0.2) is 6.10 Å². The highest BCUT2D eigenvalue weighted by molar-refractivity contribution is 5.84. The Labute approximate surface area is 194 Å². The van der Waals surface area contributed by atoms with Gasteiger partial charge in [-0.3, -0.25) is 0 Å². The van der Waals surface area contributed by atoms with Crippen molar-refractivity contribution in [2.45, 2.75) is 32.5 Å². The topological polar surface area (TPSA) is 65.0 Å². The third-order valence-corrected chi connectivity index (χ3v) is 5.59. The van der Waals surface area contributed by atoms with Gasteiger partial charge in [-0.1, -0.05) is 60.7 Å². The summed E-state index contributed by atoms with van der Waals surface area (Å²) >= 11 is 0. The van der Waals surface area contributed by atoms with Crippen LogP contribution >= 0.6 is 0 Å². The normalized spacial score (nSPS) is 14.5. The minimum atomic E-state index is -0.947. The molecule has 1 N–H and O–H groups in total. The number of carboxylic acid groups (broad SMARTS) is 1. The Morgan fingerprint density at radius 2 is 1.76 bits per heavy atom. The van der Waals surface area contributed by atoms with E-state index in [1.807, 2.05) is 48.5 Å². The maximum Gasteiger partial charge on any atom is 0.333 e. The molecule has 0 saturated carbocycles. The number of para-hydroxylation sites is 1. The van der Waals surface area contributed by atoms with Crippen LogP contribution in [0.25, 0.3) is 5.57 Å². The summed E-state index contributed by atoms with van der Waals surface area (Å²) < 4.78 is 17.3. The summed E-state index contributed by atoms with van der Waals surface area (Å²) in [5, 5.41) is 9.25. The molecule has 4 rings (SSSR count). The monoisotopic (exact) mass is 444 g/mol. The van der Waals surface area contributed by atoms with Crippen molar-refractivity contribution in [3.8, 4) is 11.5 Å². The van der Waals surface area contributed by atoms with Crippen LogP contribution in [-0.2, 0) is 22.6 Å². The Hall–Kier alpha value is -3.57. The molecule has 33 heavy (non-hydrogen) atoms. The van der Waals surface area contributed by atoms with Gasteiger partial charge < -0.3 is 19.3 Å². The van der Waals surface area contributed by atoms with E-state index in [1.165, 1.54) is 11.1 Å². The second-order valence-corrected chi connectivity index (χ2v) is 7.83. The second-order valence-electron chi connectivity index (χ2n) is 7.83. The molecule has 170 valence electrons. The maximum absolute atomic E-state index is 11.3. The molecule has 1 aliphatic rings. The van der Waals surface area contributed by atoms with Crippen molar-refractivity contribution in [1.29, 1.82) is 0 Å². The van der Waals surface area contributed by atoms with E-state index in [4.69, 9.17) is 14.2 Å². The summed E-state index contributed by atoms with van der Waals surface area (Å²) in [4.78, 5) is 11.3. The first kappa shape index (κ1) is 22.6. The van der Waals surface area contributed by atoms with E-state index in [2.05, 4.69) is 30.3 Å². The summed E-state index contributed by atoms with van der Waals surface area (Å²) in [6.07, 6.45) is 2.45. The van der Waals surface area contributed by atoms with Crippen LogP contribution in [0.4, 0.5) is 0 Å². The fraction of sp³-hybridized carbons (Fsp3) is 0.250.